The van der Waals surface area contributed by atoms with Gasteiger partial charge >= 0.3 is 0 Å². The molecule has 2 heterocycles. The second-order valence-electron chi connectivity index (χ2n) is 8.46. The molecular formula is C27H29N5O2. The quantitative estimate of drug-likeness (QED) is 0.295. The first-order valence-corrected chi connectivity index (χ1v) is 11.4. The van der Waals surface area contributed by atoms with Gasteiger partial charge < -0.3 is 4.90 Å². The Morgan fingerprint density at radius 3 is 2.26 bits per heavy atom. The fraction of sp³-hybridized carbons (Fsp3) is 0.259. The average molecular weight is 456 g/mol. The Kier molecular flexibility index (Phi) is 6.72. The van der Waals surface area contributed by atoms with Gasteiger partial charge in [-0.3, -0.25) is 14.3 Å². The molecule has 4 rings (SSSR count). The number of carbonyl (C=O) groups is 2. The highest BCUT2D eigenvalue weighted by Crippen LogP contribution is 2.21. The highest BCUT2D eigenvalue weighted by atomic mass is 16.2. The van der Waals surface area contributed by atoms with Crippen molar-refractivity contribution in [3.63, 3.8) is 0 Å². The lowest BCUT2D eigenvalue weighted by molar-refractivity contribution is -0.125. The molecule has 34 heavy (non-hydrogen) atoms. The van der Waals surface area contributed by atoms with Crippen LogP contribution < -0.4 is 0 Å². The molecule has 0 aliphatic heterocycles. The number of Topliss-reactive ketones (excluding diaryl/α,β-unsaturated/α-hetero) is 1. The summed E-state index contributed by atoms with van der Waals surface area (Å²) in [5, 5.41) is 9.10. The van der Waals surface area contributed by atoms with Gasteiger partial charge in [-0.2, -0.15) is 10.2 Å². The summed E-state index contributed by atoms with van der Waals surface area (Å²) in [6, 6.07) is 21.8. The number of rotatable bonds is 8. The third-order valence-electron chi connectivity index (χ3n) is 5.99. The Morgan fingerprint density at radius 1 is 0.941 bits per heavy atom. The average Bonchev–Trinajstić information content (AvgIpc) is 3.37. The predicted octanol–water partition coefficient (Wildman–Crippen LogP) is 4.16. The van der Waals surface area contributed by atoms with E-state index in [1.165, 1.54) is 4.90 Å². The van der Waals surface area contributed by atoms with E-state index in [2.05, 4.69) is 28.4 Å². The Hall–Kier alpha value is -4.00. The molecule has 0 saturated heterocycles. The maximum atomic E-state index is 13.1. The van der Waals surface area contributed by atoms with Crippen LogP contribution in [0.2, 0.25) is 0 Å². The van der Waals surface area contributed by atoms with Crippen LogP contribution in [-0.4, -0.2) is 49.7 Å². The maximum absolute atomic E-state index is 13.1. The first-order valence-electron chi connectivity index (χ1n) is 11.4. The van der Waals surface area contributed by atoms with Crippen LogP contribution in [0.15, 0.2) is 66.7 Å². The largest absolute Gasteiger partial charge is 0.339 e. The van der Waals surface area contributed by atoms with Gasteiger partial charge in [-0.1, -0.05) is 48.5 Å². The minimum atomic E-state index is -0.524. The van der Waals surface area contributed by atoms with Crippen molar-refractivity contribution in [1.29, 1.82) is 0 Å². The number of aryl methyl sites for hydroxylation is 3. The van der Waals surface area contributed by atoms with E-state index in [0.29, 0.717) is 29.9 Å². The lowest BCUT2D eigenvalue weighted by atomic mass is 10.1. The number of hydrogen-bond donors (Lipinski definition) is 0. The van der Waals surface area contributed by atoms with E-state index < -0.39 is 11.7 Å². The lowest BCUT2D eigenvalue weighted by Crippen LogP contribution is -2.34. The lowest BCUT2D eigenvalue weighted by Gasteiger charge is -2.16. The topological polar surface area (TPSA) is 73.0 Å². The molecule has 0 radical (unpaired) electrons. The van der Waals surface area contributed by atoms with Crippen molar-refractivity contribution in [1.82, 2.24) is 24.5 Å². The number of hydrogen-bond acceptors (Lipinski definition) is 4. The number of nitrogens with zero attached hydrogens (tertiary/aromatic N) is 5. The Bertz CT molecular complexity index is 1310. The molecule has 0 N–H and O–H groups in total. The van der Waals surface area contributed by atoms with Crippen LogP contribution in [0.25, 0.3) is 16.9 Å². The number of likely N-dealkylation sites (N-methyl/N-ethyl adjacent to an activating group) is 1. The molecule has 2 aromatic carbocycles. The second kappa shape index (κ2) is 9.87. The molecule has 0 unspecified atom stereocenters. The molecule has 174 valence electrons. The van der Waals surface area contributed by atoms with Crippen molar-refractivity contribution in [3.8, 4) is 16.9 Å². The third kappa shape index (κ3) is 4.69. The summed E-state index contributed by atoms with van der Waals surface area (Å²) in [4.78, 5) is 27.4. The molecule has 4 aromatic rings. The highest BCUT2D eigenvalue weighted by molar-refractivity contribution is 6.43. The summed E-state index contributed by atoms with van der Waals surface area (Å²) in [7, 11) is 3.60. The smallest absolute Gasteiger partial charge is 0.294 e. The number of amides is 1. The van der Waals surface area contributed by atoms with Crippen molar-refractivity contribution in [2.24, 2.45) is 7.05 Å². The molecular weight excluding hydrogens is 426 g/mol. The molecule has 0 aliphatic rings. The number of para-hydroxylation sites is 1. The van der Waals surface area contributed by atoms with Crippen LogP contribution in [-0.2, 0) is 18.3 Å². The zero-order valence-corrected chi connectivity index (χ0v) is 20.0. The van der Waals surface area contributed by atoms with E-state index >= 15 is 0 Å². The van der Waals surface area contributed by atoms with E-state index in [1.807, 2.05) is 67.2 Å². The standard InChI is InChI=1S/C27H29N5O2/c1-19-25(20(2)32(28-19)23-15-9-6-10-16-23)26(33)27(34)30(3)17-11-14-22-18-24(31(4)29-22)21-12-7-5-8-13-21/h5-10,12-13,15-16,18H,11,14,17H2,1-4H3. The summed E-state index contributed by atoms with van der Waals surface area (Å²) in [5.41, 5.74) is 5.57. The fourth-order valence-electron chi connectivity index (χ4n) is 4.20. The van der Waals surface area contributed by atoms with Gasteiger partial charge in [0.1, 0.15) is 0 Å². The van der Waals surface area contributed by atoms with Gasteiger partial charge in [-0.05, 0) is 50.5 Å². The molecule has 7 heteroatoms. The van der Waals surface area contributed by atoms with Crippen LogP contribution in [0, 0.1) is 13.8 Å². The zero-order chi connectivity index (χ0) is 24.2. The normalized spacial score (nSPS) is 10.9. The molecule has 0 bridgehead atoms. The van der Waals surface area contributed by atoms with Crippen LogP contribution >= 0.6 is 0 Å². The van der Waals surface area contributed by atoms with Crippen molar-refractivity contribution >= 4 is 11.7 Å². The van der Waals surface area contributed by atoms with E-state index in [4.69, 9.17) is 0 Å². The molecule has 0 spiro atoms. The summed E-state index contributed by atoms with van der Waals surface area (Å²) in [6.07, 6.45) is 1.43. The highest BCUT2D eigenvalue weighted by Gasteiger charge is 2.27. The van der Waals surface area contributed by atoms with Crippen LogP contribution in [0.1, 0.15) is 33.9 Å². The van der Waals surface area contributed by atoms with Crippen LogP contribution in [0.5, 0.6) is 0 Å². The predicted molar refractivity (Wildman–Crippen MR) is 132 cm³/mol. The number of carbonyl (C=O) groups excluding carboxylic acids is 2. The Balaban J connectivity index is 1.39. The fourth-order valence-corrected chi connectivity index (χ4v) is 4.20. The van der Waals surface area contributed by atoms with Crippen molar-refractivity contribution < 1.29 is 9.59 Å². The molecule has 0 saturated carbocycles. The first-order chi connectivity index (χ1) is 16.4. The zero-order valence-electron chi connectivity index (χ0n) is 20.0. The minimum Gasteiger partial charge on any atom is -0.339 e. The van der Waals surface area contributed by atoms with Crippen molar-refractivity contribution in [2.75, 3.05) is 13.6 Å². The van der Waals surface area contributed by atoms with Gasteiger partial charge in [-0.25, -0.2) is 4.68 Å². The van der Waals surface area contributed by atoms with Gasteiger partial charge in [-0.15, -0.1) is 0 Å². The summed E-state index contributed by atoms with van der Waals surface area (Å²) in [5.74, 6) is -1.05. The van der Waals surface area contributed by atoms with Gasteiger partial charge in [0.25, 0.3) is 11.7 Å². The molecule has 2 aromatic heterocycles. The SMILES string of the molecule is Cc1nn(-c2ccccc2)c(C)c1C(=O)C(=O)N(C)CCCc1cc(-c2ccccc2)n(C)n1. The molecule has 0 atom stereocenters. The molecule has 7 nitrogen and oxygen atoms in total. The first kappa shape index (κ1) is 23.2. The van der Waals surface area contributed by atoms with E-state index in [0.717, 1.165) is 29.1 Å². The van der Waals surface area contributed by atoms with Crippen molar-refractivity contribution in [2.45, 2.75) is 26.7 Å². The Labute approximate surface area is 199 Å². The molecule has 0 fully saturated rings. The maximum Gasteiger partial charge on any atom is 0.294 e. The van der Waals surface area contributed by atoms with Gasteiger partial charge in [0.15, 0.2) is 0 Å². The molecule has 0 aliphatic carbocycles. The monoisotopic (exact) mass is 455 g/mol. The number of ketones is 1. The summed E-state index contributed by atoms with van der Waals surface area (Å²) in [6.45, 7) is 4.05. The van der Waals surface area contributed by atoms with E-state index in [-0.39, 0.29) is 0 Å². The minimum absolute atomic E-state index is 0.373. The summed E-state index contributed by atoms with van der Waals surface area (Å²) < 4.78 is 3.58. The van der Waals surface area contributed by atoms with Crippen LogP contribution in [0.4, 0.5) is 0 Å². The third-order valence-corrected chi connectivity index (χ3v) is 5.99. The summed E-state index contributed by atoms with van der Waals surface area (Å²) >= 11 is 0. The number of aromatic nitrogens is 4. The van der Waals surface area contributed by atoms with Gasteiger partial charge in [0.2, 0.25) is 0 Å². The van der Waals surface area contributed by atoms with E-state index in [1.54, 1.807) is 18.7 Å². The van der Waals surface area contributed by atoms with Crippen molar-refractivity contribution in [3.05, 3.63) is 89.4 Å². The molecule has 1 amide bonds. The van der Waals surface area contributed by atoms with E-state index in [9.17, 15) is 9.59 Å². The van der Waals surface area contributed by atoms with Gasteiger partial charge in [0, 0.05) is 20.6 Å². The second-order valence-corrected chi connectivity index (χ2v) is 8.46. The Morgan fingerprint density at radius 2 is 1.59 bits per heavy atom. The van der Waals surface area contributed by atoms with Crippen LogP contribution in [0.3, 0.4) is 0 Å². The van der Waals surface area contributed by atoms with Gasteiger partial charge in [0.05, 0.1) is 34.0 Å². The number of benzene rings is 2.